The van der Waals surface area contributed by atoms with E-state index >= 15 is 0 Å². The molecule has 0 bridgehead atoms. The van der Waals surface area contributed by atoms with E-state index in [0.717, 1.165) is 63.6 Å². The third-order valence-electron chi connectivity index (χ3n) is 4.75. The molecule has 1 aromatic rings. The number of aryl methyl sites for hydroxylation is 2. The van der Waals surface area contributed by atoms with Crippen molar-refractivity contribution in [3.8, 4) is 0 Å². The molecule has 108 valence electrons. The molecule has 4 rings (SSSR count). The lowest BCUT2D eigenvalue weighted by Crippen LogP contribution is -2.45. The minimum Gasteiger partial charge on any atom is -0.347 e. The second kappa shape index (κ2) is 4.67. The lowest BCUT2D eigenvalue weighted by Gasteiger charge is -2.37. The van der Waals surface area contributed by atoms with Crippen LogP contribution in [0.25, 0.3) is 0 Å². The summed E-state index contributed by atoms with van der Waals surface area (Å²) >= 11 is 0. The van der Waals surface area contributed by atoms with Gasteiger partial charge in [-0.2, -0.15) is 0 Å². The first-order valence-corrected chi connectivity index (χ1v) is 7.65. The third-order valence-corrected chi connectivity index (χ3v) is 4.75. The number of fused-ring (bicyclic) bond motifs is 1. The van der Waals surface area contributed by atoms with Crippen LogP contribution >= 0.6 is 0 Å². The Balaban J connectivity index is 1.53. The molecule has 0 radical (unpaired) electrons. The van der Waals surface area contributed by atoms with Crippen molar-refractivity contribution in [3.05, 3.63) is 17.0 Å². The number of aromatic nitrogens is 2. The van der Waals surface area contributed by atoms with E-state index in [0.29, 0.717) is 0 Å². The molecule has 3 aliphatic rings. The second-order valence-electron chi connectivity index (χ2n) is 5.98. The predicted octanol–water partition coefficient (Wildman–Crippen LogP) is 1.62. The molecule has 2 saturated heterocycles. The highest BCUT2D eigenvalue weighted by molar-refractivity contribution is 5.39. The summed E-state index contributed by atoms with van der Waals surface area (Å²) in [6.07, 6.45) is 5.29. The van der Waals surface area contributed by atoms with Crippen LogP contribution in [0.2, 0.25) is 0 Å². The number of anilines is 1. The summed E-state index contributed by atoms with van der Waals surface area (Å²) < 4.78 is 11.5. The zero-order valence-electron chi connectivity index (χ0n) is 12.0. The van der Waals surface area contributed by atoms with Crippen molar-refractivity contribution >= 4 is 5.95 Å². The molecule has 0 amide bonds. The number of piperidine rings is 1. The minimum absolute atomic E-state index is 0.317. The van der Waals surface area contributed by atoms with Crippen molar-refractivity contribution in [2.45, 2.75) is 44.8 Å². The largest absolute Gasteiger partial charge is 0.347 e. The maximum Gasteiger partial charge on any atom is 0.225 e. The highest BCUT2D eigenvalue weighted by Gasteiger charge is 2.40. The van der Waals surface area contributed by atoms with Crippen LogP contribution in [0.5, 0.6) is 0 Å². The van der Waals surface area contributed by atoms with E-state index in [9.17, 15) is 0 Å². The van der Waals surface area contributed by atoms with Gasteiger partial charge in [-0.3, -0.25) is 0 Å². The topological polar surface area (TPSA) is 47.5 Å². The molecule has 1 spiro atoms. The third kappa shape index (κ3) is 2.00. The fourth-order valence-corrected chi connectivity index (χ4v) is 3.58. The molecule has 2 aliphatic heterocycles. The average molecular weight is 275 g/mol. The summed E-state index contributed by atoms with van der Waals surface area (Å²) in [5, 5.41) is 0. The van der Waals surface area contributed by atoms with E-state index < -0.39 is 0 Å². The van der Waals surface area contributed by atoms with Gasteiger partial charge in [0.2, 0.25) is 5.95 Å². The van der Waals surface area contributed by atoms with Crippen molar-refractivity contribution in [2.24, 2.45) is 0 Å². The zero-order valence-corrected chi connectivity index (χ0v) is 12.0. The van der Waals surface area contributed by atoms with Gasteiger partial charge in [-0.25, -0.2) is 9.97 Å². The Morgan fingerprint density at radius 1 is 1.05 bits per heavy atom. The van der Waals surface area contributed by atoms with E-state index in [4.69, 9.17) is 19.4 Å². The van der Waals surface area contributed by atoms with Crippen LogP contribution in [0, 0.1) is 6.92 Å². The molecule has 1 aromatic heterocycles. The first kappa shape index (κ1) is 12.5. The number of hydrogen-bond donors (Lipinski definition) is 0. The van der Waals surface area contributed by atoms with E-state index in [2.05, 4.69) is 11.8 Å². The lowest BCUT2D eigenvalue weighted by molar-refractivity contribution is -0.169. The van der Waals surface area contributed by atoms with Crippen molar-refractivity contribution in [2.75, 3.05) is 31.2 Å². The molecule has 20 heavy (non-hydrogen) atoms. The Kier molecular flexibility index (Phi) is 2.93. The van der Waals surface area contributed by atoms with Gasteiger partial charge in [0.1, 0.15) is 0 Å². The SMILES string of the molecule is Cc1nc(N2CCC3(CC2)OCCO3)nc2c1CCC2. The van der Waals surface area contributed by atoms with Crippen LogP contribution in [0.4, 0.5) is 5.95 Å². The standard InChI is InChI=1S/C15H21N3O2/c1-11-12-3-2-4-13(12)17-14(16-11)18-7-5-15(6-8-18)19-9-10-20-15/h2-10H2,1H3. The number of ether oxygens (including phenoxy) is 2. The molecule has 3 heterocycles. The summed E-state index contributed by atoms with van der Waals surface area (Å²) in [6, 6.07) is 0. The van der Waals surface area contributed by atoms with E-state index in [1.807, 2.05) is 0 Å². The fraction of sp³-hybridized carbons (Fsp3) is 0.733. The smallest absolute Gasteiger partial charge is 0.225 e. The average Bonchev–Trinajstić information content (AvgIpc) is 3.09. The molecule has 2 fully saturated rings. The Morgan fingerprint density at radius 2 is 1.80 bits per heavy atom. The summed E-state index contributed by atoms with van der Waals surface area (Å²) in [6.45, 7) is 5.41. The zero-order chi connectivity index (χ0) is 13.6. The van der Waals surface area contributed by atoms with Crippen LogP contribution in [-0.4, -0.2) is 42.1 Å². The van der Waals surface area contributed by atoms with Crippen LogP contribution < -0.4 is 4.90 Å². The quantitative estimate of drug-likeness (QED) is 0.779. The molecule has 0 N–H and O–H groups in total. The molecule has 5 nitrogen and oxygen atoms in total. The predicted molar refractivity (Wildman–Crippen MR) is 74.9 cm³/mol. The highest BCUT2D eigenvalue weighted by atomic mass is 16.7. The molecule has 1 aliphatic carbocycles. The van der Waals surface area contributed by atoms with Gasteiger partial charge in [0.05, 0.1) is 13.2 Å². The Hall–Kier alpha value is -1.20. The van der Waals surface area contributed by atoms with Gasteiger partial charge >= 0.3 is 0 Å². The molecule has 0 saturated carbocycles. The Labute approximate surface area is 119 Å². The van der Waals surface area contributed by atoms with Crippen molar-refractivity contribution < 1.29 is 9.47 Å². The van der Waals surface area contributed by atoms with Gasteiger partial charge in [-0.1, -0.05) is 0 Å². The second-order valence-corrected chi connectivity index (χ2v) is 5.98. The minimum atomic E-state index is -0.317. The van der Waals surface area contributed by atoms with Crippen LogP contribution in [0.15, 0.2) is 0 Å². The first-order chi connectivity index (χ1) is 9.76. The highest BCUT2D eigenvalue weighted by Crippen LogP contribution is 2.33. The van der Waals surface area contributed by atoms with Crippen LogP contribution in [0.1, 0.15) is 36.2 Å². The Bertz CT molecular complexity index is 516. The summed E-state index contributed by atoms with van der Waals surface area (Å²) in [4.78, 5) is 11.8. The summed E-state index contributed by atoms with van der Waals surface area (Å²) in [7, 11) is 0. The van der Waals surface area contributed by atoms with E-state index in [-0.39, 0.29) is 5.79 Å². The van der Waals surface area contributed by atoms with E-state index in [1.165, 1.54) is 17.7 Å². The van der Waals surface area contributed by atoms with E-state index in [1.54, 1.807) is 0 Å². The van der Waals surface area contributed by atoms with Gasteiger partial charge in [0.15, 0.2) is 5.79 Å². The normalized spacial score (nSPS) is 24.4. The summed E-state index contributed by atoms with van der Waals surface area (Å²) in [5.74, 6) is 0.582. The molecular weight excluding hydrogens is 254 g/mol. The molecule has 0 atom stereocenters. The first-order valence-electron chi connectivity index (χ1n) is 7.65. The maximum absolute atomic E-state index is 5.77. The molecule has 0 aromatic carbocycles. The van der Waals surface area contributed by atoms with Gasteiger partial charge in [0.25, 0.3) is 0 Å². The van der Waals surface area contributed by atoms with Crippen molar-refractivity contribution in [1.82, 2.24) is 9.97 Å². The number of rotatable bonds is 1. The van der Waals surface area contributed by atoms with Crippen LogP contribution in [-0.2, 0) is 22.3 Å². The monoisotopic (exact) mass is 275 g/mol. The van der Waals surface area contributed by atoms with Gasteiger partial charge in [-0.15, -0.1) is 0 Å². The lowest BCUT2D eigenvalue weighted by atomic mass is 10.0. The number of nitrogens with zero attached hydrogens (tertiary/aromatic N) is 3. The van der Waals surface area contributed by atoms with Crippen molar-refractivity contribution in [1.29, 1.82) is 0 Å². The van der Waals surface area contributed by atoms with Crippen molar-refractivity contribution in [3.63, 3.8) is 0 Å². The Morgan fingerprint density at radius 3 is 2.55 bits per heavy atom. The summed E-state index contributed by atoms with van der Waals surface area (Å²) in [5.41, 5.74) is 3.81. The van der Waals surface area contributed by atoms with Gasteiger partial charge < -0.3 is 14.4 Å². The molecule has 5 heteroatoms. The maximum atomic E-state index is 5.77. The van der Waals surface area contributed by atoms with Gasteiger partial charge in [-0.05, 0) is 31.7 Å². The number of hydrogen-bond acceptors (Lipinski definition) is 5. The molecule has 0 unspecified atom stereocenters. The molecular formula is C15H21N3O2. The fourth-order valence-electron chi connectivity index (χ4n) is 3.58. The van der Waals surface area contributed by atoms with Crippen LogP contribution in [0.3, 0.4) is 0 Å². The van der Waals surface area contributed by atoms with Gasteiger partial charge in [0, 0.05) is 37.3 Å².